The van der Waals surface area contributed by atoms with Gasteiger partial charge in [-0.1, -0.05) is 48.5 Å². The summed E-state index contributed by atoms with van der Waals surface area (Å²) in [6.45, 7) is -0.661. The van der Waals surface area contributed by atoms with Gasteiger partial charge >= 0.3 is 12.1 Å². The fourth-order valence-electron chi connectivity index (χ4n) is 4.61. The largest absolute Gasteiger partial charge is 0.481 e. The van der Waals surface area contributed by atoms with Gasteiger partial charge in [0.05, 0.1) is 18.6 Å². The third-order valence-corrected chi connectivity index (χ3v) is 6.30. The van der Waals surface area contributed by atoms with Crippen molar-refractivity contribution < 1.29 is 34.1 Å². The second kappa shape index (κ2) is 10.6. The highest BCUT2D eigenvalue weighted by Crippen LogP contribution is 2.44. The Morgan fingerprint density at radius 3 is 2.17 bits per heavy atom. The molecule has 0 saturated carbocycles. The van der Waals surface area contributed by atoms with Crippen LogP contribution in [0.5, 0.6) is 0 Å². The lowest BCUT2D eigenvalue weighted by Crippen LogP contribution is -2.51. The molecule has 2 unspecified atom stereocenters. The number of amides is 3. The number of aliphatic hydroxyl groups is 1. The predicted molar refractivity (Wildman–Crippen MR) is 124 cm³/mol. The number of hydrogen-bond donors (Lipinski definition) is 4. The number of aliphatic hydroxyl groups excluding tert-OH is 1. The first-order valence-electron chi connectivity index (χ1n) is 11.4. The molecule has 3 amide bonds. The summed E-state index contributed by atoms with van der Waals surface area (Å²) in [6.07, 6.45) is -1.60. The molecule has 35 heavy (non-hydrogen) atoms. The first kappa shape index (κ1) is 24.2. The van der Waals surface area contributed by atoms with Crippen molar-refractivity contribution in [3.05, 3.63) is 59.7 Å². The first-order chi connectivity index (χ1) is 16.8. The molecule has 2 aromatic rings. The van der Waals surface area contributed by atoms with Crippen LogP contribution in [0.1, 0.15) is 23.5 Å². The van der Waals surface area contributed by atoms with Crippen molar-refractivity contribution in [2.45, 2.75) is 18.4 Å². The molecule has 1 saturated heterocycles. The van der Waals surface area contributed by atoms with Gasteiger partial charge in [0.2, 0.25) is 11.8 Å². The molecule has 0 spiro atoms. The van der Waals surface area contributed by atoms with Crippen molar-refractivity contribution in [3.63, 3.8) is 0 Å². The van der Waals surface area contributed by atoms with E-state index in [-0.39, 0.29) is 45.1 Å². The molecule has 0 aromatic heterocycles. The molecule has 10 nitrogen and oxygen atoms in total. The second-order valence-corrected chi connectivity index (χ2v) is 8.68. The number of carbonyl (C=O) groups is 4. The van der Waals surface area contributed by atoms with Crippen molar-refractivity contribution in [1.82, 2.24) is 15.5 Å². The molecule has 1 heterocycles. The number of rotatable bonds is 7. The van der Waals surface area contributed by atoms with E-state index in [2.05, 4.69) is 10.6 Å². The number of carboxylic acids is 1. The van der Waals surface area contributed by atoms with E-state index in [1.165, 1.54) is 4.90 Å². The van der Waals surface area contributed by atoms with E-state index in [0.29, 0.717) is 0 Å². The van der Waals surface area contributed by atoms with Gasteiger partial charge in [0, 0.05) is 19.0 Å². The van der Waals surface area contributed by atoms with Crippen molar-refractivity contribution in [1.29, 1.82) is 0 Å². The number of carbonyl (C=O) groups excluding carboxylic acids is 3. The average Bonchev–Trinajstić information content (AvgIpc) is 3.18. The number of nitrogens with zero attached hydrogens (tertiary/aromatic N) is 1. The fourth-order valence-corrected chi connectivity index (χ4v) is 4.61. The normalized spacial score (nSPS) is 18.8. The molecule has 0 radical (unpaired) electrons. The quantitative estimate of drug-likeness (QED) is 0.460. The Labute approximate surface area is 201 Å². The summed E-state index contributed by atoms with van der Waals surface area (Å²) in [5.41, 5.74) is 4.37. The van der Waals surface area contributed by atoms with E-state index in [0.717, 1.165) is 22.3 Å². The highest BCUT2D eigenvalue weighted by Gasteiger charge is 2.33. The molecule has 2 aliphatic rings. The van der Waals surface area contributed by atoms with Crippen LogP contribution in [-0.4, -0.2) is 77.9 Å². The van der Waals surface area contributed by atoms with Crippen molar-refractivity contribution in [2.24, 2.45) is 5.92 Å². The summed E-state index contributed by atoms with van der Waals surface area (Å²) in [4.78, 5) is 48.9. The number of likely N-dealkylation sites (tertiary alicyclic amines) is 1. The third-order valence-electron chi connectivity index (χ3n) is 6.30. The van der Waals surface area contributed by atoms with Gasteiger partial charge < -0.3 is 30.5 Å². The van der Waals surface area contributed by atoms with Crippen LogP contribution in [0.3, 0.4) is 0 Å². The van der Waals surface area contributed by atoms with E-state index < -0.39 is 35.9 Å². The minimum Gasteiger partial charge on any atom is -0.481 e. The number of benzene rings is 2. The molecule has 1 aliphatic carbocycles. The maximum atomic E-state index is 12.3. The van der Waals surface area contributed by atoms with Gasteiger partial charge in [-0.15, -0.1) is 0 Å². The number of piperidine rings is 1. The molecule has 0 bridgehead atoms. The molecule has 1 fully saturated rings. The zero-order chi connectivity index (χ0) is 24.9. The third kappa shape index (κ3) is 5.60. The molecular formula is C25H27N3O7. The zero-order valence-electron chi connectivity index (χ0n) is 19.0. The summed E-state index contributed by atoms with van der Waals surface area (Å²) < 4.78 is 5.37. The van der Waals surface area contributed by atoms with Crippen LogP contribution in [0.2, 0.25) is 0 Å². The molecular weight excluding hydrogens is 454 g/mol. The summed E-state index contributed by atoms with van der Waals surface area (Å²) in [5.74, 6) is -3.15. The highest BCUT2D eigenvalue weighted by atomic mass is 16.5. The van der Waals surface area contributed by atoms with E-state index in [1.54, 1.807) is 0 Å². The number of aliphatic carboxylic acids is 1. The summed E-state index contributed by atoms with van der Waals surface area (Å²) in [5, 5.41) is 23.7. The monoisotopic (exact) mass is 481 g/mol. The van der Waals surface area contributed by atoms with Gasteiger partial charge in [-0.2, -0.15) is 0 Å². The Kier molecular flexibility index (Phi) is 7.31. The average molecular weight is 482 g/mol. The molecule has 2 atom stereocenters. The van der Waals surface area contributed by atoms with Crippen LogP contribution in [0.4, 0.5) is 4.79 Å². The predicted octanol–water partition coefficient (Wildman–Crippen LogP) is 0.935. The summed E-state index contributed by atoms with van der Waals surface area (Å²) in [7, 11) is 0. The maximum absolute atomic E-state index is 12.3. The minimum atomic E-state index is -1.09. The Bertz CT molecular complexity index is 1090. The van der Waals surface area contributed by atoms with Gasteiger partial charge in [0.15, 0.2) is 0 Å². The Morgan fingerprint density at radius 1 is 0.914 bits per heavy atom. The SMILES string of the molecule is O=C(CNC(=O)OCC1c2ccccc2-c2ccccc21)NCC(=O)N1CC(O)CC(C(=O)O)C1. The van der Waals surface area contributed by atoms with Crippen LogP contribution in [0, 0.1) is 5.92 Å². The van der Waals surface area contributed by atoms with Crippen LogP contribution in [0.25, 0.3) is 11.1 Å². The first-order valence-corrected chi connectivity index (χ1v) is 11.4. The highest BCUT2D eigenvalue weighted by molar-refractivity contribution is 5.87. The van der Waals surface area contributed by atoms with Gasteiger partial charge in [0.1, 0.15) is 13.2 Å². The number of hydrogen-bond acceptors (Lipinski definition) is 6. The number of ether oxygens (including phenoxy) is 1. The maximum Gasteiger partial charge on any atom is 0.407 e. The van der Waals surface area contributed by atoms with Gasteiger partial charge in [-0.05, 0) is 28.7 Å². The Balaban J connectivity index is 1.21. The zero-order valence-corrected chi connectivity index (χ0v) is 19.0. The standard InChI is InChI=1S/C25H27N3O7/c29-16-9-15(24(32)33)12-28(13-16)23(31)11-26-22(30)10-27-25(34)35-14-21-19-7-3-1-5-17(19)18-6-2-4-8-20(18)21/h1-8,15-16,21,29H,9-14H2,(H,26,30)(H,27,34)(H,32,33). The summed E-state index contributed by atoms with van der Waals surface area (Å²) in [6, 6.07) is 15.9. The second-order valence-electron chi connectivity index (χ2n) is 8.68. The lowest BCUT2D eigenvalue weighted by atomic mass is 9.96. The number of carboxylic acid groups (broad SMARTS) is 1. The molecule has 4 N–H and O–H groups in total. The molecule has 184 valence electrons. The van der Waals surface area contributed by atoms with E-state index in [9.17, 15) is 24.3 Å². The number of β-amino-alcohol motifs (C(OH)–C–C–N with tert-alkyl or cyclic N) is 1. The number of alkyl carbamates (subject to hydrolysis) is 1. The van der Waals surface area contributed by atoms with E-state index >= 15 is 0 Å². The Hall–Kier alpha value is -3.92. The van der Waals surface area contributed by atoms with Crippen LogP contribution in [0.15, 0.2) is 48.5 Å². The van der Waals surface area contributed by atoms with Crippen LogP contribution in [-0.2, 0) is 19.1 Å². The molecule has 10 heteroatoms. The molecule has 4 rings (SSSR count). The van der Waals surface area contributed by atoms with Crippen molar-refractivity contribution in [2.75, 3.05) is 32.8 Å². The van der Waals surface area contributed by atoms with Crippen LogP contribution < -0.4 is 10.6 Å². The molecule has 2 aromatic carbocycles. The topological polar surface area (TPSA) is 145 Å². The summed E-state index contributed by atoms with van der Waals surface area (Å²) >= 11 is 0. The fraction of sp³-hybridized carbons (Fsp3) is 0.360. The molecule has 1 aliphatic heterocycles. The van der Waals surface area contributed by atoms with E-state index in [4.69, 9.17) is 9.84 Å². The lowest BCUT2D eigenvalue weighted by molar-refractivity contribution is -0.149. The van der Waals surface area contributed by atoms with Gasteiger partial charge in [0.25, 0.3) is 0 Å². The van der Waals surface area contributed by atoms with Crippen LogP contribution >= 0.6 is 0 Å². The number of nitrogens with one attached hydrogen (secondary N) is 2. The smallest absolute Gasteiger partial charge is 0.407 e. The van der Waals surface area contributed by atoms with Crippen molar-refractivity contribution in [3.8, 4) is 11.1 Å². The van der Waals surface area contributed by atoms with Gasteiger partial charge in [-0.3, -0.25) is 14.4 Å². The van der Waals surface area contributed by atoms with E-state index in [1.807, 2.05) is 48.5 Å². The van der Waals surface area contributed by atoms with Gasteiger partial charge in [-0.25, -0.2) is 4.79 Å². The lowest BCUT2D eigenvalue weighted by Gasteiger charge is -2.33. The Morgan fingerprint density at radius 2 is 1.54 bits per heavy atom. The number of fused-ring (bicyclic) bond motifs is 3. The minimum absolute atomic E-state index is 0.0104. The van der Waals surface area contributed by atoms with Crippen molar-refractivity contribution >= 4 is 23.9 Å².